The molecule has 0 saturated heterocycles. The number of benzene rings is 2. The van der Waals surface area contributed by atoms with E-state index in [9.17, 15) is 9.90 Å². The molecule has 0 aliphatic heterocycles. The number of anilines is 2. The van der Waals surface area contributed by atoms with Crippen molar-refractivity contribution < 1.29 is 9.90 Å². The van der Waals surface area contributed by atoms with Crippen LogP contribution in [-0.4, -0.2) is 21.0 Å². The summed E-state index contributed by atoms with van der Waals surface area (Å²) in [6, 6.07) is 15.1. The van der Waals surface area contributed by atoms with E-state index in [2.05, 4.69) is 36.3 Å². The van der Waals surface area contributed by atoms with E-state index in [0.29, 0.717) is 17.3 Å². The van der Waals surface area contributed by atoms with Crippen LogP contribution in [0.15, 0.2) is 60.9 Å². The van der Waals surface area contributed by atoms with Crippen LogP contribution in [0.2, 0.25) is 0 Å². The van der Waals surface area contributed by atoms with Crippen LogP contribution >= 0.6 is 0 Å². The van der Waals surface area contributed by atoms with Gasteiger partial charge in [0.15, 0.2) is 0 Å². The highest BCUT2D eigenvalue weighted by Crippen LogP contribution is 2.31. The third-order valence-electron chi connectivity index (χ3n) is 4.66. The highest BCUT2D eigenvalue weighted by molar-refractivity contribution is 6.11. The minimum atomic E-state index is -0.968. The lowest BCUT2D eigenvalue weighted by Crippen LogP contribution is -2.00. The maximum absolute atomic E-state index is 11.3. The third-order valence-corrected chi connectivity index (χ3v) is 4.66. The van der Waals surface area contributed by atoms with Gasteiger partial charge in [0, 0.05) is 34.2 Å². The fraction of sp³-hybridized carbons (Fsp3) is 0.136. The summed E-state index contributed by atoms with van der Waals surface area (Å²) in [6.45, 7) is 4.31. The standard InChI is InChI=1S/C22H19N3O2/c1-13(2)14-4-3-5-16(10-14)24-21-18-8-9-23-12-19(18)17-7-6-15(22(26)27)11-20(17)25-21/h3-13H,1-2H3,(H,24,25)(H,26,27). The van der Waals surface area contributed by atoms with Gasteiger partial charge in [-0.1, -0.05) is 32.0 Å². The Morgan fingerprint density at radius 2 is 1.89 bits per heavy atom. The number of nitrogens with one attached hydrogen (secondary N) is 1. The molecule has 2 N–H and O–H groups in total. The Hall–Kier alpha value is -3.47. The van der Waals surface area contributed by atoms with Crippen molar-refractivity contribution in [3.05, 3.63) is 72.1 Å². The molecule has 2 heterocycles. The number of carbonyl (C=O) groups is 1. The summed E-state index contributed by atoms with van der Waals surface area (Å²) in [5.74, 6) is 0.142. The molecule has 0 saturated carbocycles. The number of hydrogen-bond donors (Lipinski definition) is 2. The van der Waals surface area contributed by atoms with Gasteiger partial charge in [-0.15, -0.1) is 0 Å². The van der Waals surface area contributed by atoms with Gasteiger partial charge in [0.1, 0.15) is 5.82 Å². The zero-order chi connectivity index (χ0) is 19.0. The second-order valence-corrected chi connectivity index (χ2v) is 6.82. The number of carboxylic acids is 1. The highest BCUT2D eigenvalue weighted by Gasteiger charge is 2.12. The van der Waals surface area contributed by atoms with Crippen LogP contribution in [0, 0.1) is 0 Å². The van der Waals surface area contributed by atoms with Crippen molar-refractivity contribution in [2.24, 2.45) is 0 Å². The first-order valence-electron chi connectivity index (χ1n) is 8.80. The van der Waals surface area contributed by atoms with Crippen molar-refractivity contribution in [2.45, 2.75) is 19.8 Å². The highest BCUT2D eigenvalue weighted by atomic mass is 16.4. The first kappa shape index (κ1) is 17.0. The number of aromatic nitrogens is 2. The van der Waals surface area contributed by atoms with Gasteiger partial charge in [-0.3, -0.25) is 4.98 Å². The Labute approximate surface area is 156 Å². The zero-order valence-electron chi connectivity index (χ0n) is 15.1. The molecule has 0 aliphatic carbocycles. The second-order valence-electron chi connectivity index (χ2n) is 6.82. The van der Waals surface area contributed by atoms with Crippen LogP contribution in [0.3, 0.4) is 0 Å². The SMILES string of the molecule is CC(C)c1cccc(Nc2nc3cc(C(=O)O)ccc3c3cnccc23)c1. The predicted molar refractivity (Wildman–Crippen MR) is 108 cm³/mol. The Balaban J connectivity index is 1.90. The van der Waals surface area contributed by atoms with E-state index in [1.165, 1.54) is 5.56 Å². The Morgan fingerprint density at radius 3 is 2.67 bits per heavy atom. The minimum Gasteiger partial charge on any atom is -0.478 e. The van der Waals surface area contributed by atoms with Crippen LogP contribution < -0.4 is 5.32 Å². The molecule has 4 aromatic rings. The van der Waals surface area contributed by atoms with Gasteiger partial charge in [-0.25, -0.2) is 9.78 Å². The van der Waals surface area contributed by atoms with E-state index >= 15 is 0 Å². The van der Waals surface area contributed by atoms with Gasteiger partial charge in [-0.2, -0.15) is 0 Å². The molecule has 5 heteroatoms. The largest absolute Gasteiger partial charge is 0.478 e. The van der Waals surface area contributed by atoms with Crippen LogP contribution in [0.5, 0.6) is 0 Å². The van der Waals surface area contributed by atoms with Gasteiger partial charge in [0.05, 0.1) is 11.1 Å². The van der Waals surface area contributed by atoms with Crippen LogP contribution in [0.25, 0.3) is 21.7 Å². The quantitative estimate of drug-likeness (QED) is 0.482. The molecule has 0 bridgehead atoms. The summed E-state index contributed by atoms with van der Waals surface area (Å²) in [4.78, 5) is 20.3. The lowest BCUT2D eigenvalue weighted by atomic mass is 10.0. The van der Waals surface area contributed by atoms with Gasteiger partial charge in [0.25, 0.3) is 0 Å². The first-order valence-corrected chi connectivity index (χ1v) is 8.80. The van der Waals surface area contributed by atoms with E-state index in [1.807, 2.05) is 18.2 Å². The Bertz CT molecular complexity index is 1170. The van der Waals surface area contributed by atoms with E-state index in [1.54, 1.807) is 30.6 Å². The van der Waals surface area contributed by atoms with E-state index in [-0.39, 0.29) is 5.56 Å². The van der Waals surface area contributed by atoms with E-state index in [4.69, 9.17) is 4.98 Å². The average molecular weight is 357 g/mol. The lowest BCUT2D eigenvalue weighted by molar-refractivity contribution is 0.0697. The number of aromatic carboxylic acids is 1. The molecule has 0 fully saturated rings. The van der Waals surface area contributed by atoms with Gasteiger partial charge < -0.3 is 10.4 Å². The number of nitrogens with zero attached hydrogens (tertiary/aromatic N) is 2. The maximum atomic E-state index is 11.3. The number of rotatable bonds is 4. The molecule has 0 spiro atoms. The average Bonchev–Trinajstić information content (AvgIpc) is 2.68. The predicted octanol–water partition coefficient (Wildman–Crippen LogP) is 5.35. The van der Waals surface area contributed by atoms with Crippen molar-refractivity contribution in [2.75, 3.05) is 5.32 Å². The van der Waals surface area contributed by atoms with Crippen molar-refractivity contribution in [3.63, 3.8) is 0 Å². The Morgan fingerprint density at radius 1 is 1.04 bits per heavy atom. The molecule has 2 aromatic carbocycles. The van der Waals surface area contributed by atoms with Gasteiger partial charge >= 0.3 is 5.97 Å². The molecule has 2 aromatic heterocycles. The number of pyridine rings is 2. The molecule has 27 heavy (non-hydrogen) atoms. The van der Waals surface area contributed by atoms with Gasteiger partial charge in [-0.05, 0) is 41.8 Å². The summed E-state index contributed by atoms with van der Waals surface area (Å²) >= 11 is 0. The summed E-state index contributed by atoms with van der Waals surface area (Å²) in [6.07, 6.45) is 3.52. The van der Waals surface area contributed by atoms with Crippen LogP contribution in [-0.2, 0) is 0 Å². The zero-order valence-corrected chi connectivity index (χ0v) is 15.1. The third kappa shape index (κ3) is 3.19. The molecule has 0 unspecified atom stereocenters. The van der Waals surface area contributed by atoms with Crippen molar-refractivity contribution >= 4 is 39.1 Å². The molecule has 0 aliphatic rings. The molecule has 0 amide bonds. The number of fused-ring (bicyclic) bond motifs is 3. The fourth-order valence-corrected chi connectivity index (χ4v) is 3.19. The van der Waals surface area contributed by atoms with Crippen LogP contribution in [0.4, 0.5) is 11.5 Å². The molecular formula is C22H19N3O2. The van der Waals surface area contributed by atoms with Crippen molar-refractivity contribution in [1.29, 1.82) is 0 Å². The van der Waals surface area contributed by atoms with Crippen molar-refractivity contribution in [3.8, 4) is 0 Å². The van der Waals surface area contributed by atoms with Crippen molar-refractivity contribution in [1.82, 2.24) is 9.97 Å². The molecular weight excluding hydrogens is 338 g/mol. The smallest absolute Gasteiger partial charge is 0.335 e. The minimum absolute atomic E-state index is 0.214. The molecule has 134 valence electrons. The molecule has 4 rings (SSSR count). The summed E-state index contributed by atoms with van der Waals surface area (Å²) in [7, 11) is 0. The number of hydrogen-bond acceptors (Lipinski definition) is 4. The molecule has 5 nitrogen and oxygen atoms in total. The lowest BCUT2D eigenvalue weighted by Gasteiger charge is -2.13. The van der Waals surface area contributed by atoms with Crippen LogP contribution in [0.1, 0.15) is 35.7 Å². The monoisotopic (exact) mass is 357 g/mol. The second kappa shape index (κ2) is 6.68. The topological polar surface area (TPSA) is 75.1 Å². The molecule has 0 atom stereocenters. The fourth-order valence-electron chi connectivity index (χ4n) is 3.19. The summed E-state index contributed by atoms with van der Waals surface area (Å²) in [5.41, 5.74) is 3.02. The van der Waals surface area contributed by atoms with Gasteiger partial charge in [0.2, 0.25) is 0 Å². The first-order chi connectivity index (χ1) is 13.0. The number of carboxylic acid groups (broad SMARTS) is 1. The summed E-state index contributed by atoms with van der Waals surface area (Å²) < 4.78 is 0. The van der Waals surface area contributed by atoms with E-state index < -0.39 is 5.97 Å². The normalized spacial score (nSPS) is 11.2. The Kier molecular flexibility index (Phi) is 4.20. The molecule has 0 radical (unpaired) electrons. The maximum Gasteiger partial charge on any atom is 0.335 e. The van der Waals surface area contributed by atoms with E-state index in [0.717, 1.165) is 21.8 Å². The summed E-state index contributed by atoms with van der Waals surface area (Å²) in [5, 5.41) is 15.4.